The quantitative estimate of drug-likeness (QED) is 0.153. The zero-order valence-electron chi connectivity index (χ0n) is 44.1. The summed E-state index contributed by atoms with van der Waals surface area (Å²) in [6, 6.07) is 31.3. The molecule has 8 rings (SSSR count). The third kappa shape index (κ3) is 24.3. The molecule has 0 atom stereocenters. The summed E-state index contributed by atoms with van der Waals surface area (Å²) < 4.78 is 5.31. The zero-order valence-corrected chi connectivity index (χ0v) is 44.1. The topological polar surface area (TPSA) is 59.7 Å². The van der Waals surface area contributed by atoms with Crippen molar-refractivity contribution in [2.45, 2.75) is 166 Å². The van der Waals surface area contributed by atoms with E-state index in [0.29, 0.717) is 6.73 Å². The largest absolute Gasteiger partial charge is 0.471 e. The number of aliphatic imine (C=N–C) groups is 2. The van der Waals surface area contributed by atoms with Crippen LogP contribution in [-0.2, 0) is 6.54 Å². The highest BCUT2D eigenvalue weighted by atomic mass is 16.5. The van der Waals surface area contributed by atoms with Crippen molar-refractivity contribution >= 4 is 34.0 Å². The summed E-state index contributed by atoms with van der Waals surface area (Å²) in [7, 11) is 0. The predicted octanol–water partition coefficient (Wildman–Crippen LogP) is 18.3. The molecule has 0 unspecified atom stereocenters. The van der Waals surface area contributed by atoms with Crippen LogP contribution >= 0.6 is 0 Å². The highest BCUT2D eigenvalue weighted by Gasteiger charge is 2.09. The first kappa shape index (κ1) is 66.0. The Labute approximate surface area is 383 Å². The third-order valence-corrected chi connectivity index (χ3v) is 7.97. The molecule has 0 saturated carbocycles. The highest BCUT2D eigenvalue weighted by molar-refractivity contribution is 5.87. The maximum absolute atomic E-state index is 5.31. The van der Waals surface area contributed by atoms with Crippen molar-refractivity contribution in [2.24, 2.45) is 9.98 Å². The van der Waals surface area contributed by atoms with Gasteiger partial charge in [0.1, 0.15) is 5.75 Å². The number of nitrogens with zero attached hydrogens (tertiary/aromatic N) is 4. The summed E-state index contributed by atoms with van der Waals surface area (Å²) in [5.41, 5.74) is 10.4. The minimum atomic E-state index is 0.455. The molecule has 6 aromatic rings. The van der Waals surface area contributed by atoms with Crippen LogP contribution in [-0.4, -0.2) is 29.4 Å². The lowest BCUT2D eigenvalue weighted by Crippen LogP contribution is -2.04. The number of rotatable bonds is 0. The third-order valence-electron chi connectivity index (χ3n) is 7.97. The maximum atomic E-state index is 5.31. The van der Waals surface area contributed by atoms with E-state index in [9.17, 15) is 0 Å². The summed E-state index contributed by atoms with van der Waals surface area (Å²) in [6.07, 6.45) is 7.43. The monoisotopic (exact) mass is 849 g/mol. The fourth-order valence-corrected chi connectivity index (χ4v) is 5.19. The van der Waals surface area contributed by atoms with E-state index in [-0.39, 0.29) is 0 Å². The summed E-state index contributed by atoms with van der Waals surface area (Å²) in [4.78, 5) is 8.26. The molecule has 0 radical (unpaired) electrons. The molecule has 0 fully saturated rings. The fraction of sp³-hybridized carbons (Fsp3) is 0.439. The number of hydrogen-bond donors (Lipinski definition) is 0. The standard InChI is InChI=1S/C11H10.C10H11N.C9H8N2.C9H9NO.9C2H6/c1-9-5-4-7-10-6-2-3-8-11(9)10;1-7-3-4-9-5-11-6-10(9)8(7)2;1-7-3-2-4-8-5-10-11-6-9(7)8;1-7-3-2-4-9-8(7)5-10-6-11-9;9*1-2/h2-8H,1H3;3-4,6H,5H2,1-2H3;2-6H,1H3;2-5H,6H2,1H3;9*1-2H3. The maximum Gasteiger partial charge on any atom is 0.179 e. The van der Waals surface area contributed by atoms with Crippen molar-refractivity contribution in [2.75, 3.05) is 6.73 Å². The van der Waals surface area contributed by atoms with Crippen LogP contribution in [0, 0.1) is 34.6 Å². The van der Waals surface area contributed by atoms with Gasteiger partial charge in [-0.25, -0.2) is 0 Å². The molecule has 62 heavy (non-hydrogen) atoms. The minimum absolute atomic E-state index is 0.455. The molecule has 5 nitrogen and oxygen atoms in total. The number of aryl methyl sites for hydroxylation is 4. The molecule has 0 saturated heterocycles. The minimum Gasteiger partial charge on any atom is -0.471 e. The Morgan fingerprint density at radius 1 is 0.387 bits per heavy atom. The lowest BCUT2D eigenvalue weighted by molar-refractivity contribution is 0.326. The number of aromatic nitrogens is 2. The van der Waals surface area contributed by atoms with Gasteiger partial charge in [-0.15, -0.1) is 0 Å². The molecule has 0 N–H and O–H groups in total. The van der Waals surface area contributed by atoms with Gasteiger partial charge >= 0.3 is 0 Å². The van der Waals surface area contributed by atoms with Crippen molar-refractivity contribution < 1.29 is 4.74 Å². The first-order valence-corrected chi connectivity index (χ1v) is 23.8. The van der Waals surface area contributed by atoms with Gasteiger partial charge in [0, 0.05) is 34.3 Å². The lowest BCUT2D eigenvalue weighted by atomic mass is 10.0. The molecule has 346 valence electrons. The Morgan fingerprint density at radius 2 is 0.855 bits per heavy atom. The van der Waals surface area contributed by atoms with E-state index in [1.54, 1.807) is 12.4 Å². The molecule has 1 aromatic heterocycles. The van der Waals surface area contributed by atoms with Crippen molar-refractivity contribution in [3.63, 3.8) is 0 Å². The van der Waals surface area contributed by atoms with Crippen molar-refractivity contribution in [3.8, 4) is 5.75 Å². The summed E-state index contributed by atoms with van der Waals surface area (Å²) >= 11 is 0. The highest BCUT2D eigenvalue weighted by Crippen LogP contribution is 2.23. The summed E-state index contributed by atoms with van der Waals surface area (Å²) in [5, 5.41) is 12.6. The zero-order chi connectivity index (χ0) is 48.9. The Morgan fingerprint density at radius 3 is 1.40 bits per heavy atom. The predicted molar refractivity (Wildman–Crippen MR) is 287 cm³/mol. The summed E-state index contributed by atoms with van der Waals surface area (Å²) in [5.74, 6) is 0.944. The van der Waals surface area contributed by atoms with Gasteiger partial charge in [0.05, 0.1) is 18.9 Å². The molecule has 3 heterocycles. The van der Waals surface area contributed by atoms with Crippen LogP contribution in [0.3, 0.4) is 0 Å². The van der Waals surface area contributed by atoms with E-state index >= 15 is 0 Å². The van der Waals surface area contributed by atoms with Gasteiger partial charge in [0.25, 0.3) is 0 Å². The molecule has 2 aliphatic rings. The van der Waals surface area contributed by atoms with Crippen LogP contribution in [0.2, 0.25) is 0 Å². The van der Waals surface area contributed by atoms with Crippen LogP contribution in [0.1, 0.15) is 169 Å². The second-order valence-electron chi connectivity index (χ2n) is 11.0. The Hall–Kier alpha value is -5.16. The molecular formula is C57H92N4O. The second-order valence-corrected chi connectivity index (χ2v) is 11.0. The first-order valence-electron chi connectivity index (χ1n) is 23.8. The van der Waals surface area contributed by atoms with E-state index in [0.717, 1.165) is 23.2 Å². The van der Waals surface area contributed by atoms with Gasteiger partial charge in [0.15, 0.2) is 6.73 Å². The fourth-order valence-electron chi connectivity index (χ4n) is 5.19. The smallest absolute Gasteiger partial charge is 0.179 e. The molecule has 0 spiro atoms. The number of benzene rings is 5. The molecular weight excluding hydrogens is 757 g/mol. The molecule has 5 heteroatoms. The van der Waals surface area contributed by atoms with Gasteiger partial charge in [0.2, 0.25) is 0 Å². The van der Waals surface area contributed by atoms with E-state index in [2.05, 4.69) is 122 Å². The average Bonchev–Trinajstić information content (AvgIpc) is 3.87. The van der Waals surface area contributed by atoms with Crippen LogP contribution in [0.15, 0.2) is 113 Å². The van der Waals surface area contributed by atoms with E-state index in [1.165, 1.54) is 55.1 Å². The van der Waals surface area contributed by atoms with Crippen molar-refractivity contribution in [1.29, 1.82) is 0 Å². The van der Waals surface area contributed by atoms with E-state index < -0.39 is 0 Å². The van der Waals surface area contributed by atoms with E-state index in [4.69, 9.17) is 4.74 Å². The Bertz CT molecular complexity index is 1870. The summed E-state index contributed by atoms with van der Waals surface area (Å²) in [6.45, 7) is 47.9. The van der Waals surface area contributed by atoms with Gasteiger partial charge in [-0.1, -0.05) is 210 Å². The Balaban J connectivity index is -0.000000207. The molecule has 5 aromatic carbocycles. The molecule has 2 aliphatic heterocycles. The SMILES string of the molecule is CC.CC.CC.CC.CC.CC.CC.CC.CC.Cc1ccc2c(c1C)C=NC2.Cc1cccc2c1C=NCO2.Cc1cccc2ccccc12.Cc1cccc2cnncc12. The number of fused-ring (bicyclic) bond motifs is 4. The molecule has 0 aliphatic carbocycles. The van der Waals surface area contributed by atoms with Crippen molar-refractivity contribution in [3.05, 3.63) is 148 Å². The second kappa shape index (κ2) is 46.9. The Kier molecular flexibility index (Phi) is 49.9. The van der Waals surface area contributed by atoms with Crippen LogP contribution in [0.25, 0.3) is 21.5 Å². The molecule has 0 amide bonds. The normalized spacial score (nSPS) is 9.40. The van der Waals surface area contributed by atoms with Gasteiger partial charge in [-0.2, -0.15) is 10.2 Å². The number of ether oxygens (including phenoxy) is 1. The van der Waals surface area contributed by atoms with Gasteiger partial charge < -0.3 is 4.74 Å². The average molecular weight is 849 g/mol. The van der Waals surface area contributed by atoms with Crippen molar-refractivity contribution in [1.82, 2.24) is 10.2 Å². The van der Waals surface area contributed by atoms with Crippen LogP contribution < -0.4 is 4.74 Å². The van der Waals surface area contributed by atoms with Gasteiger partial charge in [-0.05, 0) is 84.8 Å². The van der Waals surface area contributed by atoms with Crippen LogP contribution in [0.5, 0.6) is 5.75 Å². The first-order chi connectivity index (χ1) is 30.4. The lowest BCUT2D eigenvalue weighted by Gasteiger charge is -2.12. The van der Waals surface area contributed by atoms with E-state index in [1.807, 2.05) is 161 Å². The van der Waals surface area contributed by atoms with Crippen LogP contribution in [0.4, 0.5) is 0 Å². The van der Waals surface area contributed by atoms with Gasteiger partial charge in [-0.3, -0.25) is 9.98 Å². The number of hydrogen-bond acceptors (Lipinski definition) is 5. The molecule has 0 bridgehead atoms.